The molecular formula is C28H29N3O6. The van der Waals surface area contributed by atoms with Crippen LogP contribution < -0.4 is 5.32 Å². The summed E-state index contributed by atoms with van der Waals surface area (Å²) >= 11 is 0. The van der Waals surface area contributed by atoms with Gasteiger partial charge in [-0.25, -0.2) is 4.79 Å². The molecule has 1 aromatic heterocycles. The summed E-state index contributed by atoms with van der Waals surface area (Å²) in [5, 5.41) is 14.7. The van der Waals surface area contributed by atoms with Gasteiger partial charge in [-0.05, 0) is 35.7 Å². The number of hydrogen-bond donors (Lipinski definition) is 3. The highest BCUT2D eigenvalue weighted by molar-refractivity contribution is 6.09. The first-order chi connectivity index (χ1) is 17.8. The van der Waals surface area contributed by atoms with E-state index in [9.17, 15) is 24.3 Å². The second-order valence-electron chi connectivity index (χ2n) is 9.73. The fraction of sp³-hybridized carbons (Fsp3) is 0.357. The number of nitrogens with zero attached hydrogens (tertiary/aromatic N) is 1. The predicted octanol–water partition coefficient (Wildman–Crippen LogP) is 3.07. The van der Waals surface area contributed by atoms with E-state index in [1.54, 1.807) is 30.5 Å². The minimum atomic E-state index is -1.70. The van der Waals surface area contributed by atoms with Gasteiger partial charge in [0.05, 0.1) is 24.5 Å². The topological polar surface area (TPSA) is 129 Å². The molecule has 2 aliphatic rings. The number of nitrogens with one attached hydrogen (secondary N) is 2. The van der Waals surface area contributed by atoms with Crippen molar-refractivity contribution in [2.45, 2.75) is 37.8 Å². The summed E-state index contributed by atoms with van der Waals surface area (Å²) in [5.41, 5.74) is 0.875. The van der Waals surface area contributed by atoms with Crippen molar-refractivity contribution in [1.82, 2.24) is 15.2 Å². The number of hydrogen-bond acceptors (Lipinski definition) is 6. The van der Waals surface area contributed by atoms with Gasteiger partial charge in [0.2, 0.25) is 11.8 Å². The third-order valence-electron chi connectivity index (χ3n) is 7.70. The lowest BCUT2D eigenvalue weighted by molar-refractivity contribution is -0.151. The number of carbonyl (C=O) groups is 4. The van der Waals surface area contributed by atoms with Gasteiger partial charge in [-0.3, -0.25) is 24.6 Å². The summed E-state index contributed by atoms with van der Waals surface area (Å²) in [6, 6.07) is 13.4. The van der Waals surface area contributed by atoms with Gasteiger partial charge in [-0.2, -0.15) is 0 Å². The molecule has 192 valence electrons. The second kappa shape index (κ2) is 9.48. The van der Waals surface area contributed by atoms with Crippen LogP contribution in [-0.4, -0.2) is 57.9 Å². The molecule has 3 N–H and O–H groups in total. The Morgan fingerprint density at radius 1 is 1.08 bits per heavy atom. The van der Waals surface area contributed by atoms with Crippen molar-refractivity contribution in [2.24, 2.45) is 11.8 Å². The van der Waals surface area contributed by atoms with Crippen molar-refractivity contribution in [3.05, 3.63) is 71.4 Å². The zero-order valence-electron chi connectivity index (χ0n) is 20.7. The van der Waals surface area contributed by atoms with E-state index in [4.69, 9.17) is 4.74 Å². The number of carboxylic acids is 1. The first-order valence-electron chi connectivity index (χ1n) is 12.4. The number of esters is 1. The molecule has 2 aliphatic heterocycles. The molecule has 0 saturated carbocycles. The summed E-state index contributed by atoms with van der Waals surface area (Å²) < 4.78 is 4.77. The number of unbranched alkanes of at least 4 members (excludes halogenated alkanes) is 1. The average molecular weight is 504 g/mol. The molecule has 3 heterocycles. The van der Waals surface area contributed by atoms with Crippen LogP contribution in [0.2, 0.25) is 0 Å². The second-order valence-corrected chi connectivity index (χ2v) is 9.73. The molecule has 3 aromatic rings. The van der Waals surface area contributed by atoms with Gasteiger partial charge in [0.1, 0.15) is 5.54 Å². The number of carboxylic acid groups (broad SMARTS) is 1. The number of rotatable bonds is 8. The first kappa shape index (κ1) is 24.7. The number of carbonyl (C=O) groups excluding carboxylic acids is 3. The molecule has 2 saturated heterocycles. The molecule has 0 spiro atoms. The number of benzene rings is 2. The van der Waals surface area contributed by atoms with Crippen LogP contribution in [0.4, 0.5) is 0 Å². The van der Waals surface area contributed by atoms with Crippen LogP contribution in [0.5, 0.6) is 0 Å². The standard InChI is InChI=1S/C28H29N3O6/c1-3-4-13-31-24(32)21-22(25(31)33)28(27(35)36,14-18-15-29-20-8-6-5-7-19(18)20)30-23(21)16-9-11-17(12-10-16)26(34)37-2/h5-12,15,21-23,29-30H,3-4,13-14H2,1-2H3,(H,35,36). The van der Waals surface area contributed by atoms with Crippen LogP contribution in [-0.2, 0) is 25.5 Å². The third kappa shape index (κ3) is 3.90. The number of ether oxygens (including phenoxy) is 1. The smallest absolute Gasteiger partial charge is 0.337 e. The quantitative estimate of drug-likeness (QED) is 0.318. The molecule has 37 heavy (non-hydrogen) atoms. The van der Waals surface area contributed by atoms with E-state index in [-0.39, 0.29) is 18.9 Å². The highest BCUT2D eigenvalue weighted by atomic mass is 16.5. The van der Waals surface area contributed by atoms with Gasteiger partial charge < -0.3 is 14.8 Å². The normalized spacial score (nSPS) is 25.0. The largest absolute Gasteiger partial charge is 0.480 e. The molecule has 9 nitrogen and oxygen atoms in total. The Morgan fingerprint density at radius 2 is 1.81 bits per heavy atom. The number of H-pyrrole nitrogens is 1. The molecule has 2 aromatic carbocycles. The monoisotopic (exact) mass is 503 g/mol. The highest BCUT2D eigenvalue weighted by Crippen LogP contribution is 2.50. The van der Waals surface area contributed by atoms with Crippen molar-refractivity contribution < 1.29 is 29.0 Å². The molecule has 0 bridgehead atoms. The summed E-state index contributed by atoms with van der Waals surface area (Å²) in [7, 11) is 1.29. The first-order valence-corrected chi connectivity index (χ1v) is 12.4. The number of methoxy groups -OCH3 is 1. The molecule has 4 atom stereocenters. The van der Waals surface area contributed by atoms with Crippen LogP contribution in [0, 0.1) is 11.8 Å². The number of para-hydroxylation sites is 1. The number of aromatic amines is 1. The number of amides is 2. The molecule has 0 radical (unpaired) electrons. The maximum absolute atomic E-state index is 13.7. The van der Waals surface area contributed by atoms with E-state index in [1.165, 1.54) is 12.0 Å². The zero-order valence-corrected chi connectivity index (χ0v) is 20.7. The molecule has 2 amide bonds. The number of imide groups is 1. The van der Waals surface area contributed by atoms with Crippen molar-refractivity contribution in [3.8, 4) is 0 Å². The molecule has 2 fully saturated rings. The van der Waals surface area contributed by atoms with Crippen LogP contribution in [0.3, 0.4) is 0 Å². The van der Waals surface area contributed by atoms with Crippen molar-refractivity contribution in [1.29, 1.82) is 0 Å². The Kier molecular flexibility index (Phi) is 6.33. The fourth-order valence-corrected chi connectivity index (χ4v) is 5.84. The Balaban J connectivity index is 1.60. The minimum absolute atomic E-state index is 0.0187. The summed E-state index contributed by atoms with van der Waals surface area (Å²) in [6.45, 7) is 2.23. The maximum Gasteiger partial charge on any atom is 0.337 e. The maximum atomic E-state index is 13.7. The number of aliphatic carboxylic acids is 1. The van der Waals surface area contributed by atoms with Crippen molar-refractivity contribution in [2.75, 3.05) is 13.7 Å². The summed E-state index contributed by atoms with van der Waals surface area (Å²) in [5.74, 6) is -4.45. The Morgan fingerprint density at radius 3 is 2.49 bits per heavy atom. The van der Waals surface area contributed by atoms with Gasteiger partial charge in [0, 0.05) is 36.1 Å². The Hall–Kier alpha value is -3.98. The van der Waals surface area contributed by atoms with E-state index < -0.39 is 41.3 Å². The number of likely N-dealkylation sites (tertiary alicyclic amines) is 1. The Bertz CT molecular complexity index is 1380. The van der Waals surface area contributed by atoms with Gasteiger partial charge >= 0.3 is 11.9 Å². The number of fused-ring (bicyclic) bond motifs is 2. The van der Waals surface area contributed by atoms with Crippen molar-refractivity contribution in [3.63, 3.8) is 0 Å². The molecule has 4 unspecified atom stereocenters. The van der Waals surface area contributed by atoms with Gasteiger partial charge in [-0.15, -0.1) is 0 Å². The van der Waals surface area contributed by atoms with E-state index in [0.717, 1.165) is 22.9 Å². The summed E-state index contributed by atoms with van der Waals surface area (Å²) in [4.78, 5) is 56.7. The van der Waals surface area contributed by atoms with E-state index in [1.807, 2.05) is 31.2 Å². The van der Waals surface area contributed by atoms with Crippen LogP contribution >= 0.6 is 0 Å². The van der Waals surface area contributed by atoms with Gasteiger partial charge in [0.15, 0.2) is 0 Å². The van der Waals surface area contributed by atoms with Crippen LogP contribution in [0.15, 0.2) is 54.7 Å². The SMILES string of the molecule is CCCCN1C(=O)C2C(c3ccc(C(=O)OC)cc3)NC(Cc3c[nH]c4ccccc34)(C(=O)O)C2C1=O. The molecular weight excluding hydrogens is 474 g/mol. The van der Waals surface area contributed by atoms with E-state index in [0.29, 0.717) is 17.5 Å². The lowest BCUT2D eigenvalue weighted by Crippen LogP contribution is -2.57. The zero-order chi connectivity index (χ0) is 26.3. The predicted molar refractivity (Wildman–Crippen MR) is 135 cm³/mol. The lowest BCUT2D eigenvalue weighted by Gasteiger charge is -2.31. The summed E-state index contributed by atoms with van der Waals surface area (Å²) in [6.07, 6.45) is 3.22. The number of aromatic nitrogens is 1. The molecule has 0 aliphatic carbocycles. The van der Waals surface area contributed by atoms with Crippen LogP contribution in [0.25, 0.3) is 10.9 Å². The lowest BCUT2D eigenvalue weighted by atomic mass is 9.76. The Labute approximate surface area is 213 Å². The molecule has 9 heteroatoms. The van der Waals surface area contributed by atoms with E-state index >= 15 is 0 Å². The average Bonchev–Trinajstić information content (AvgIpc) is 3.55. The van der Waals surface area contributed by atoms with Gasteiger partial charge in [0.25, 0.3) is 0 Å². The highest BCUT2D eigenvalue weighted by Gasteiger charge is 2.68. The minimum Gasteiger partial charge on any atom is -0.480 e. The molecule has 5 rings (SSSR count). The van der Waals surface area contributed by atoms with E-state index in [2.05, 4.69) is 10.3 Å². The van der Waals surface area contributed by atoms with Gasteiger partial charge in [-0.1, -0.05) is 43.7 Å². The fourth-order valence-electron chi connectivity index (χ4n) is 5.84. The van der Waals surface area contributed by atoms with Crippen LogP contribution in [0.1, 0.15) is 47.3 Å². The third-order valence-corrected chi connectivity index (χ3v) is 7.70. The van der Waals surface area contributed by atoms with Crippen molar-refractivity contribution >= 4 is 34.7 Å².